The minimum Gasteiger partial charge on any atom is -0.387 e. The van der Waals surface area contributed by atoms with Crippen LogP contribution in [0.25, 0.3) is 22.2 Å². The standard InChI is InChI=1S/C22H21F4N8O8P2S/c23-12-16-11(40-20(12)33-7-30-14-18(27)28-6-29-19(14)33)5-38-44(45)42-17-15(35)10(4-37-43(36)41-16)39-21(17)34-9-3-1-2-8(22(24,25)26)13(9)31-32-34/h1-3,6-7,10-12,15-17,20-21,35,45H,4-5H2,(H2,27,28,29)/q+1/t10-,11-,12-,15-,16-,17-,20-,21-,44+/m1/s1. The van der Waals surface area contributed by atoms with Crippen LogP contribution in [-0.2, 0) is 38.3 Å². The van der Waals surface area contributed by atoms with Crippen molar-refractivity contribution in [1.29, 1.82) is 0 Å². The fourth-order valence-electron chi connectivity index (χ4n) is 5.32. The third kappa shape index (κ3) is 5.54. The first-order valence-corrected chi connectivity index (χ1v) is 16.5. The van der Waals surface area contributed by atoms with Crippen LogP contribution in [0.3, 0.4) is 0 Å². The molecule has 0 amide bonds. The molecule has 240 valence electrons. The van der Waals surface area contributed by atoms with Crippen molar-refractivity contribution in [3.05, 3.63) is 36.4 Å². The largest absolute Gasteiger partial charge is 0.697 e. The molecular weight excluding hydrogens is 674 g/mol. The summed E-state index contributed by atoms with van der Waals surface area (Å²) in [5, 5.41) is 18.6. The van der Waals surface area contributed by atoms with Crippen molar-refractivity contribution in [3.63, 3.8) is 0 Å². The number of imidazole rings is 1. The lowest BCUT2D eigenvalue weighted by Crippen LogP contribution is -2.35. The number of benzene rings is 1. The third-order valence-electron chi connectivity index (χ3n) is 7.40. The first kappa shape index (κ1) is 30.9. The molecule has 0 radical (unpaired) electrons. The van der Waals surface area contributed by atoms with Crippen LogP contribution >= 0.6 is 28.1 Å². The Hall–Kier alpha value is -2.71. The molecule has 23 heteroatoms. The van der Waals surface area contributed by atoms with Gasteiger partial charge in [0, 0.05) is 4.57 Å². The summed E-state index contributed by atoms with van der Waals surface area (Å²) in [4.78, 5) is 12.1. The van der Waals surface area contributed by atoms with Crippen molar-refractivity contribution in [3.8, 4) is 0 Å². The van der Waals surface area contributed by atoms with Crippen LogP contribution < -0.4 is 5.73 Å². The fraction of sp³-hybridized carbons (Fsp3) is 0.500. The van der Waals surface area contributed by atoms with Gasteiger partial charge in [0.15, 0.2) is 36.2 Å². The van der Waals surface area contributed by atoms with Gasteiger partial charge < -0.3 is 29.4 Å². The molecule has 2 bridgehead atoms. The van der Waals surface area contributed by atoms with Crippen molar-refractivity contribution in [1.82, 2.24) is 34.5 Å². The smallest absolute Gasteiger partial charge is 0.387 e. The van der Waals surface area contributed by atoms with E-state index in [4.69, 9.17) is 33.3 Å². The van der Waals surface area contributed by atoms with Crippen molar-refractivity contribution in [2.75, 3.05) is 18.9 Å². The van der Waals surface area contributed by atoms with E-state index in [-0.39, 0.29) is 29.1 Å². The maximum absolute atomic E-state index is 15.8. The van der Waals surface area contributed by atoms with Crippen LogP contribution in [0, 0.1) is 0 Å². The average Bonchev–Trinajstić information content (AvgIpc) is 3.76. The van der Waals surface area contributed by atoms with Gasteiger partial charge >= 0.3 is 14.4 Å². The lowest BCUT2D eigenvalue weighted by atomic mass is 10.1. The number of aromatic nitrogens is 7. The Morgan fingerprint density at radius 1 is 1.09 bits per heavy atom. The molecule has 3 saturated heterocycles. The SMILES string of the molecule is Nc1ncnc2c1ncn2[C@@H]1O[C@@H]2CO[P@](S)O[C@@H]3[C@H](O)[C@@H](CO[P+](=O)O[C@H]2[C@H]1F)O[C@H]3n1nnc2c(C(F)(F)F)cccc21. The van der Waals surface area contributed by atoms with E-state index in [9.17, 15) is 22.8 Å². The van der Waals surface area contributed by atoms with Crippen LogP contribution in [0.1, 0.15) is 18.0 Å². The molecule has 3 aliphatic rings. The Morgan fingerprint density at radius 2 is 1.89 bits per heavy atom. The number of ether oxygens (including phenoxy) is 2. The van der Waals surface area contributed by atoms with Gasteiger partial charge in [-0.3, -0.25) is 4.57 Å². The van der Waals surface area contributed by atoms with E-state index in [1.807, 2.05) is 0 Å². The molecule has 7 rings (SSSR count). The van der Waals surface area contributed by atoms with Gasteiger partial charge in [-0.25, -0.2) is 24.0 Å². The molecule has 0 aliphatic carbocycles. The summed E-state index contributed by atoms with van der Waals surface area (Å²) >= 11 is 4.33. The van der Waals surface area contributed by atoms with E-state index in [2.05, 4.69) is 37.5 Å². The molecule has 4 aromatic rings. The summed E-state index contributed by atoms with van der Waals surface area (Å²) < 4.78 is 106. The number of alkyl halides is 4. The number of aliphatic hydroxyl groups excluding tert-OH is 1. The van der Waals surface area contributed by atoms with Crippen molar-refractivity contribution in [2.45, 2.75) is 55.3 Å². The lowest BCUT2D eigenvalue weighted by Gasteiger charge is -2.24. The first-order chi connectivity index (χ1) is 21.5. The number of nitrogens with two attached hydrogens (primary N) is 1. The number of hydrogen-bond acceptors (Lipinski definition) is 15. The monoisotopic (exact) mass is 695 g/mol. The highest BCUT2D eigenvalue weighted by Crippen LogP contribution is 2.51. The Morgan fingerprint density at radius 3 is 2.69 bits per heavy atom. The normalized spacial score (nSPS) is 34.0. The quantitative estimate of drug-likeness (QED) is 0.157. The number of aliphatic hydroxyl groups is 1. The molecule has 3 aliphatic heterocycles. The topological polar surface area (TPSA) is 193 Å². The maximum Gasteiger partial charge on any atom is 0.697 e. The van der Waals surface area contributed by atoms with Crippen LogP contribution in [0.15, 0.2) is 30.9 Å². The van der Waals surface area contributed by atoms with Gasteiger partial charge in [0.05, 0.1) is 24.0 Å². The van der Waals surface area contributed by atoms with Crippen LogP contribution in [-0.4, -0.2) is 89.5 Å². The molecule has 1 unspecified atom stereocenters. The van der Waals surface area contributed by atoms with Crippen LogP contribution in [0.2, 0.25) is 0 Å². The molecule has 1 aromatic carbocycles. The van der Waals surface area contributed by atoms with Crippen molar-refractivity contribution < 1.29 is 54.8 Å². The molecule has 3 aromatic heterocycles. The number of nitrogens with zero attached hydrogens (tertiary/aromatic N) is 7. The van der Waals surface area contributed by atoms with Gasteiger partial charge in [-0.2, -0.15) is 13.2 Å². The number of halogens is 4. The second-order valence-corrected chi connectivity index (χ2v) is 12.9. The van der Waals surface area contributed by atoms with Gasteiger partial charge in [-0.05, 0) is 12.1 Å². The summed E-state index contributed by atoms with van der Waals surface area (Å²) in [5.74, 6) is 0.0701. The van der Waals surface area contributed by atoms with Crippen LogP contribution in [0.4, 0.5) is 23.4 Å². The minimum atomic E-state index is -4.71. The Bertz CT molecular complexity index is 1750. The van der Waals surface area contributed by atoms with Crippen LogP contribution in [0.5, 0.6) is 0 Å². The zero-order valence-electron chi connectivity index (χ0n) is 22.3. The Labute approximate surface area is 256 Å². The van der Waals surface area contributed by atoms with E-state index in [0.717, 1.165) is 10.7 Å². The molecular formula is C22H21F4N8O8P2S+. The molecule has 0 spiro atoms. The molecule has 10 atom stereocenters. The Balaban J connectivity index is 1.15. The Kier molecular flexibility index (Phi) is 8.12. The second-order valence-electron chi connectivity index (χ2n) is 10.0. The number of hydrogen-bond donors (Lipinski definition) is 3. The molecule has 45 heavy (non-hydrogen) atoms. The molecule has 3 fully saturated rings. The van der Waals surface area contributed by atoms with E-state index < -0.39 is 88.8 Å². The highest BCUT2D eigenvalue weighted by Gasteiger charge is 2.54. The minimum absolute atomic E-state index is 0.0570. The number of fused-ring (bicyclic) bond motifs is 5. The number of thiol groups is 1. The van der Waals surface area contributed by atoms with Gasteiger partial charge in [0.2, 0.25) is 7.58 Å². The molecule has 6 heterocycles. The van der Waals surface area contributed by atoms with E-state index in [0.29, 0.717) is 0 Å². The molecule has 0 saturated carbocycles. The van der Waals surface area contributed by atoms with E-state index >= 15 is 4.39 Å². The zero-order valence-corrected chi connectivity index (χ0v) is 25.0. The summed E-state index contributed by atoms with van der Waals surface area (Å²) in [6, 6.07) is 3.37. The second kappa shape index (κ2) is 11.8. The maximum atomic E-state index is 15.8. The van der Waals surface area contributed by atoms with Gasteiger partial charge in [0.25, 0.3) is 0 Å². The highest BCUT2D eigenvalue weighted by molar-refractivity contribution is 8.41. The van der Waals surface area contributed by atoms with Crippen molar-refractivity contribution >= 4 is 56.1 Å². The summed E-state index contributed by atoms with van der Waals surface area (Å²) in [6.45, 7) is -0.928. The van der Waals surface area contributed by atoms with E-state index in [1.165, 1.54) is 29.4 Å². The summed E-state index contributed by atoms with van der Waals surface area (Å²) in [6.07, 6.45) is -13.5. The summed E-state index contributed by atoms with van der Waals surface area (Å²) in [7, 11) is -5.18. The molecule has 3 N–H and O–H groups in total. The number of anilines is 1. The van der Waals surface area contributed by atoms with E-state index in [1.54, 1.807) is 0 Å². The average molecular weight is 695 g/mol. The predicted octanol–water partition coefficient (Wildman–Crippen LogP) is 3.00. The van der Waals surface area contributed by atoms with Gasteiger partial charge in [-0.15, -0.1) is 14.1 Å². The first-order valence-electron chi connectivity index (χ1n) is 13.0. The zero-order chi connectivity index (χ0) is 31.6. The lowest BCUT2D eigenvalue weighted by molar-refractivity contribution is -0.136. The number of nitrogen functional groups attached to an aromatic ring is 1. The predicted molar refractivity (Wildman–Crippen MR) is 146 cm³/mol. The third-order valence-corrected chi connectivity index (χ3v) is 9.60. The fourth-order valence-corrected chi connectivity index (χ4v) is 7.39. The summed E-state index contributed by atoms with van der Waals surface area (Å²) in [5.41, 5.74) is 4.71. The van der Waals surface area contributed by atoms with Crippen molar-refractivity contribution in [2.24, 2.45) is 0 Å². The van der Waals surface area contributed by atoms with Gasteiger partial charge in [-0.1, -0.05) is 23.5 Å². The molecule has 16 nitrogen and oxygen atoms in total. The van der Waals surface area contributed by atoms with Gasteiger partial charge in [0.1, 0.15) is 48.4 Å². The highest BCUT2D eigenvalue weighted by atomic mass is 32.7. The number of rotatable bonds is 2.